The van der Waals surface area contributed by atoms with E-state index in [1.54, 1.807) is 11.9 Å². The predicted octanol–water partition coefficient (Wildman–Crippen LogP) is 2.36. The second kappa shape index (κ2) is 7.72. The number of carbonyl (C=O) groups is 3. The third kappa shape index (κ3) is 3.07. The van der Waals surface area contributed by atoms with Crippen LogP contribution in [0, 0.1) is 0 Å². The molecule has 4 rings (SSSR count). The largest absolute Gasteiger partial charge is 0.359 e. The third-order valence-electron chi connectivity index (χ3n) is 5.97. The molecule has 6 nitrogen and oxygen atoms in total. The van der Waals surface area contributed by atoms with Crippen LogP contribution in [0.1, 0.15) is 47.5 Å². The molecule has 0 spiro atoms. The standard InChI is InChI=1S/C22H25N3O3/c1-23-20(27)8-5-15(13-26)25-19-4-2-3-17-16(14-9-11-24-12-10-14)6-7-18(21(17)19)22(25)28/h2-4,6-7,13-15,24H,5,8-12H2,1H3,(H,23,27). The minimum atomic E-state index is -0.648. The molecule has 28 heavy (non-hydrogen) atoms. The number of nitrogens with one attached hydrogen (secondary N) is 2. The van der Waals surface area contributed by atoms with E-state index in [9.17, 15) is 14.4 Å². The van der Waals surface area contributed by atoms with E-state index in [0.717, 1.165) is 48.7 Å². The van der Waals surface area contributed by atoms with Gasteiger partial charge in [0.15, 0.2) is 0 Å². The third-order valence-corrected chi connectivity index (χ3v) is 5.97. The summed E-state index contributed by atoms with van der Waals surface area (Å²) >= 11 is 0. The number of hydrogen-bond acceptors (Lipinski definition) is 4. The highest BCUT2D eigenvalue weighted by atomic mass is 16.2. The number of carbonyl (C=O) groups excluding carboxylic acids is 3. The molecule has 2 aromatic carbocycles. The first-order valence-corrected chi connectivity index (χ1v) is 9.91. The van der Waals surface area contributed by atoms with Crippen molar-refractivity contribution in [2.45, 2.75) is 37.6 Å². The van der Waals surface area contributed by atoms with Gasteiger partial charge in [0.05, 0.1) is 11.7 Å². The van der Waals surface area contributed by atoms with E-state index in [1.165, 1.54) is 5.56 Å². The van der Waals surface area contributed by atoms with Gasteiger partial charge in [-0.25, -0.2) is 0 Å². The molecule has 2 amide bonds. The molecular formula is C22H25N3O3. The van der Waals surface area contributed by atoms with Gasteiger partial charge >= 0.3 is 0 Å². The average Bonchev–Trinajstić information content (AvgIpc) is 3.03. The van der Waals surface area contributed by atoms with Crippen LogP contribution < -0.4 is 15.5 Å². The van der Waals surface area contributed by atoms with Crippen molar-refractivity contribution >= 4 is 34.6 Å². The summed E-state index contributed by atoms with van der Waals surface area (Å²) in [4.78, 5) is 38.1. The topological polar surface area (TPSA) is 78.5 Å². The van der Waals surface area contributed by atoms with Gasteiger partial charge in [0.25, 0.3) is 5.91 Å². The quantitative estimate of drug-likeness (QED) is 0.756. The second-order valence-corrected chi connectivity index (χ2v) is 7.52. The van der Waals surface area contributed by atoms with E-state index in [-0.39, 0.29) is 18.2 Å². The first-order valence-electron chi connectivity index (χ1n) is 9.91. The summed E-state index contributed by atoms with van der Waals surface area (Å²) in [6.07, 6.45) is 3.45. The number of aldehydes is 1. The molecular weight excluding hydrogens is 354 g/mol. The van der Waals surface area contributed by atoms with Gasteiger partial charge in [0, 0.05) is 24.4 Å². The monoisotopic (exact) mass is 379 g/mol. The molecule has 2 aliphatic rings. The van der Waals surface area contributed by atoms with Crippen LogP contribution in [0.3, 0.4) is 0 Å². The van der Waals surface area contributed by atoms with E-state index >= 15 is 0 Å². The molecule has 1 fully saturated rings. The minimum Gasteiger partial charge on any atom is -0.359 e. The predicted molar refractivity (Wildman–Crippen MR) is 109 cm³/mol. The first-order chi connectivity index (χ1) is 13.7. The van der Waals surface area contributed by atoms with Crippen LogP contribution in [0.4, 0.5) is 5.69 Å². The zero-order chi connectivity index (χ0) is 19.7. The summed E-state index contributed by atoms with van der Waals surface area (Å²) in [6.45, 7) is 2.01. The Morgan fingerprint density at radius 1 is 1.29 bits per heavy atom. The number of nitrogens with zero attached hydrogens (tertiary/aromatic N) is 1. The number of amides is 2. The van der Waals surface area contributed by atoms with E-state index < -0.39 is 6.04 Å². The Balaban J connectivity index is 1.74. The van der Waals surface area contributed by atoms with Crippen LogP contribution >= 0.6 is 0 Å². The summed E-state index contributed by atoms with van der Waals surface area (Å²) in [6, 6.07) is 9.28. The van der Waals surface area contributed by atoms with E-state index in [1.807, 2.05) is 18.2 Å². The fourth-order valence-corrected chi connectivity index (χ4v) is 4.51. The van der Waals surface area contributed by atoms with Crippen molar-refractivity contribution < 1.29 is 14.4 Å². The Bertz CT molecular complexity index is 934. The molecule has 6 heteroatoms. The van der Waals surface area contributed by atoms with Crippen LogP contribution in [0.15, 0.2) is 30.3 Å². The number of benzene rings is 2. The van der Waals surface area contributed by atoms with Gasteiger partial charge in [-0.3, -0.25) is 14.5 Å². The van der Waals surface area contributed by atoms with Crippen LogP contribution in [-0.2, 0) is 9.59 Å². The van der Waals surface area contributed by atoms with Gasteiger partial charge in [-0.05, 0) is 61.4 Å². The Labute approximate surface area is 164 Å². The SMILES string of the molecule is CNC(=O)CCC(C=O)N1C(=O)c2ccc(C3CCNCC3)c3cccc1c23. The summed E-state index contributed by atoms with van der Waals surface area (Å²) in [5.41, 5.74) is 2.71. The van der Waals surface area contributed by atoms with E-state index in [4.69, 9.17) is 0 Å². The molecule has 1 saturated heterocycles. The molecule has 0 aromatic heterocycles. The van der Waals surface area contributed by atoms with E-state index in [0.29, 0.717) is 17.9 Å². The van der Waals surface area contributed by atoms with Gasteiger partial charge in [-0.2, -0.15) is 0 Å². The van der Waals surface area contributed by atoms with Gasteiger partial charge in [-0.1, -0.05) is 18.2 Å². The molecule has 2 aliphatic heterocycles. The Hall–Kier alpha value is -2.73. The Morgan fingerprint density at radius 3 is 2.79 bits per heavy atom. The maximum atomic E-state index is 13.1. The molecule has 0 radical (unpaired) electrons. The molecule has 1 atom stereocenters. The van der Waals surface area contributed by atoms with Crippen molar-refractivity contribution in [2.75, 3.05) is 25.0 Å². The van der Waals surface area contributed by atoms with Crippen molar-refractivity contribution in [3.8, 4) is 0 Å². The molecule has 2 N–H and O–H groups in total. The summed E-state index contributed by atoms with van der Waals surface area (Å²) in [5.74, 6) is 0.185. The minimum absolute atomic E-state index is 0.137. The fourth-order valence-electron chi connectivity index (χ4n) is 4.51. The highest BCUT2D eigenvalue weighted by Crippen LogP contribution is 2.42. The lowest BCUT2D eigenvalue weighted by atomic mass is 9.86. The number of rotatable bonds is 6. The van der Waals surface area contributed by atoms with Crippen molar-refractivity contribution in [1.29, 1.82) is 0 Å². The summed E-state index contributed by atoms with van der Waals surface area (Å²) in [7, 11) is 1.57. The van der Waals surface area contributed by atoms with Crippen LogP contribution in [0.25, 0.3) is 10.8 Å². The van der Waals surface area contributed by atoms with Crippen molar-refractivity contribution in [1.82, 2.24) is 10.6 Å². The highest BCUT2D eigenvalue weighted by Gasteiger charge is 2.35. The second-order valence-electron chi connectivity index (χ2n) is 7.52. The molecule has 0 aliphatic carbocycles. The Kier molecular flexibility index (Phi) is 5.13. The zero-order valence-electron chi connectivity index (χ0n) is 16.0. The lowest BCUT2D eigenvalue weighted by Gasteiger charge is -2.25. The average molecular weight is 379 g/mol. The van der Waals surface area contributed by atoms with Crippen molar-refractivity contribution in [3.05, 3.63) is 41.5 Å². The van der Waals surface area contributed by atoms with Gasteiger partial charge in [0.1, 0.15) is 6.29 Å². The van der Waals surface area contributed by atoms with Gasteiger partial charge in [-0.15, -0.1) is 0 Å². The normalized spacial score (nSPS) is 17.8. The maximum absolute atomic E-state index is 13.1. The molecule has 2 heterocycles. The molecule has 146 valence electrons. The van der Waals surface area contributed by atoms with Crippen LogP contribution in [-0.4, -0.2) is 44.3 Å². The summed E-state index contributed by atoms with van der Waals surface area (Å²) in [5, 5.41) is 8.01. The van der Waals surface area contributed by atoms with Crippen LogP contribution in [0.2, 0.25) is 0 Å². The zero-order valence-corrected chi connectivity index (χ0v) is 16.0. The Morgan fingerprint density at radius 2 is 2.07 bits per heavy atom. The number of piperidine rings is 1. The smallest absolute Gasteiger partial charge is 0.259 e. The maximum Gasteiger partial charge on any atom is 0.259 e. The van der Waals surface area contributed by atoms with Crippen molar-refractivity contribution in [2.24, 2.45) is 0 Å². The fraction of sp³-hybridized carbons (Fsp3) is 0.409. The van der Waals surface area contributed by atoms with Gasteiger partial charge in [0.2, 0.25) is 5.91 Å². The lowest BCUT2D eigenvalue weighted by Crippen LogP contribution is -2.39. The summed E-state index contributed by atoms with van der Waals surface area (Å²) < 4.78 is 0. The molecule has 2 aromatic rings. The molecule has 1 unspecified atom stereocenters. The van der Waals surface area contributed by atoms with Crippen molar-refractivity contribution in [3.63, 3.8) is 0 Å². The highest BCUT2D eigenvalue weighted by molar-refractivity contribution is 6.26. The lowest BCUT2D eigenvalue weighted by molar-refractivity contribution is -0.120. The van der Waals surface area contributed by atoms with Crippen LogP contribution in [0.5, 0.6) is 0 Å². The number of hydrogen-bond donors (Lipinski definition) is 2. The number of anilines is 1. The van der Waals surface area contributed by atoms with Gasteiger partial charge < -0.3 is 15.4 Å². The first kappa shape index (κ1) is 18.6. The molecule has 0 bridgehead atoms. The van der Waals surface area contributed by atoms with E-state index in [2.05, 4.69) is 22.8 Å². The molecule has 0 saturated carbocycles.